The number of hydrogen-bond acceptors (Lipinski definition) is 8. The molecule has 0 aromatic heterocycles. The molecular formula is C19H22BrNO7S. The maximum Gasteiger partial charge on any atom is 0.344 e. The number of imide groups is 1. The van der Waals surface area contributed by atoms with E-state index in [0.717, 1.165) is 16.7 Å². The predicted octanol–water partition coefficient (Wildman–Crippen LogP) is 3.47. The number of carbonyl (C=O) groups is 3. The summed E-state index contributed by atoms with van der Waals surface area (Å²) in [6.45, 7) is 4.39. The van der Waals surface area contributed by atoms with Crippen LogP contribution in [0.25, 0.3) is 6.08 Å². The lowest BCUT2D eigenvalue weighted by molar-refractivity contribution is -0.145. The minimum atomic E-state index is -0.490. The van der Waals surface area contributed by atoms with Gasteiger partial charge in [0.2, 0.25) is 0 Å². The van der Waals surface area contributed by atoms with Gasteiger partial charge in [0.15, 0.2) is 18.1 Å². The molecule has 0 saturated carbocycles. The second-order valence-electron chi connectivity index (χ2n) is 5.68. The third-order valence-corrected chi connectivity index (χ3v) is 5.16. The van der Waals surface area contributed by atoms with Crippen molar-refractivity contribution in [2.45, 2.75) is 13.8 Å². The highest BCUT2D eigenvalue weighted by molar-refractivity contribution is 9.10. The zero-order valence-electron chi connectivity index (χ0n) is 16.4. The molecule has 2 amide bonds. The largest absolute Gasteiger partial charge is 0.490 e. The van der Waals surface area contributed by atoms with E-state index in [9.17, 15) is 14.4 Å². The Kier molecular flexibility index (Phi) is 8.99. The predicted molar refractivity (Wildman–Crippen MR) is 112 cm³/mol. The molecule has 2 rings (SSSR count). The summed E-state index contributed by atoms with van der Waals surface area (Å²) in [5.41, 5.74) is 0.640. The minimum Gasteiger partial charge on any atom is -0.490 e. The third-order valence-electron chi connectivity index (χ3n) is 3.66. The maximum atomic E-state index is 12.5. The highest BCUT2D eigenvalue weighted by Crippen LogP contribution is 2.39. The second kappa shape index (κ2) is 11.2. The lowest BCUT2D eigenvalue weighted by Crippen LogP contribution is -2.31. The van der Waals surface area contributed by atoms with Gasteiger partial charge in [0.25, 0.3) is 11.1 Å². The highest BCUT2D eigenvalue weighted by atomic mass is 79.9. The van der Waals surface area contributed by atoms with E-state index in [1.807, 2.05) is 6.92 Å². The highest BCUT2D eigenvalue weighted by Gasteiger charge is 2.34. The average molecular weight is 488 g/mol. The van der Waals surface area contributed by atoms with E-state index in [2.05, 4.69) is 15.9 Å². The maximum absolute atomic E-state index is 12.5. The van der Waals surface area contributed by atoms with E-state index in [0.29, 0.717) is 33.0 Å². The van der Waals surface area contributed by atoms with Crippen LogP contribution in [-0.2, 0) is 19.1 Å². The average Bonchev–Trinajstić information content (AvgIpc) is 2.93. The van der Waals surface area contributed by atoms with Gasteiger partial charge >= 0.3 is 5.97 Å². The van der Waals surface area contributed by atoms with Crippen molar-refractivity contribution in [3.63, 3.8) is 0 Å². The lowest BCUT2D eigenvalue weighted by atomic mass is 10.2. The van der Waals surface area contributed by atoms with Gasteiger partial charge in [0.05, 0.1) is 35.7 Å². The van der Waals surface area contributed by atoms with Gasteiger partial charge in [-0.15, -0.1) is 0 Å². The van der Waals surface area contributed by atoms with Gasteiger partial charge in [-0.25, -0.2) is 4.79 Å². The van der Waals surface area contributed by atoms with E-state index >= 15 is 0 Å². The fourth-order valence-electron chi connectivity index (χ4n) is 2.43. The quantitative estimate of drug-likeness (QED) is 0.365. The molecule has 1 saturated heterocycles. The summed E-state index contributed by atoms with van der Waals surface area (Å²) in [5, 5.41) is -0.336. The Morgan fingerprint density at radius 2 is 1.97 bits per heavy atom. The molecule has 8 nitrogen and oxygen atoms in total. The number of methoxy groups -OCH3 is 1. The van der Waals surface area contributed by atoms with Crippen LogP contribution >= 0.6 is 27.7 Å². The molecule has 0 bridgehead atoms. The zero-order chi connectivity index (χ0) is 21.4. The SMILES string of the molecule is CCOC(=O)COc1c(Br)cc(/C=C2/SC(=O)N(CCOC)C2=O)cc1OCC. The third kappa shape index (κ3) is 6.22. The van der Waals surface area contributed by atoms with Crippen LogP contribution in [0.4, 0.5) is 4.79 Å². The van der Waals surface area contributed by atoms with E-state index in [-0.39, 0.29) is 37.5 Å². The molecular weight excluding hydrogens is 466 g/mol. The Bertz CT molecular complexity index is 812. The van der Waals surface area contributed by atoms with Crippen molar-refractivity contribution in [3.8, 4) is 11.5 Å². The molecule has 1 heterocycles. The fraction of sp³-hybridized carbons (Fsp3) is 0.421. The molecule has 0 unspecified atom stereocenters. The number of halogens is 1. The van der Waals surface area contributed by atoms with Crippen molar-refractivity contribution in [3.05, 3.63) is 27.1 Å². The van der Waals surface area contributed by atoms with Crippen molar-refractivity contribution in [2.75, 3.05) is 40.1 Å². The molecule has 1 aromatic carbocycles. The topological polar surface area (TPSA) is 91.4 Å². The van der Waals surface area contributed by atoms with Gasteiger partial charge in [0, 0.05) is 7.11 Å². The van der Waals surface area contributed by atoms with Gasteiger partial charge in [-0.3, -0.25) is 14.5 Å². The molecule has 158 valence electrons. The van der Waals surface area contributed by atoms with E-state index < -0.39 is 5.97 Å². The summed E-state index contributed by atoms with van der Waals surface area (Å²) < 4.78 is 21.5. The van der Waals surface area contributed by atoms with E-state index in [1.54, 1.807) is 25.1 Å². The van der Waals surface area contributed by atoms with Crippen molar-refractivity contribution < 1.29 is 33.3 Å². The summed E-state index contributed by atoms with van der Waals surface area (Å²) in [6, 6.07) is 3.39. The molecule has 29 heavy (non-hydrogen) atoms. The Morgan fingerprint density at radius 3 is 2.62 bits per heavy atom. The normalized spacial score (nSPS) is 15.2. The van der Waals surface area contributed by atoms with Crippen molar-refractivity contribution >= 4 is 50.9 Å². The van der Waals surface area contributed by atoms with E-state index in [1.165, 1.54) is 7.11 Å². The molecule has 1 aliphatic heterocycles. The second-order valence-corrected chi connectivity index (χ2v) is 7.53. The Labute approximate surface area is 181 Å². The van der Waals surface area contributed by atoms with Crippen LogP contribution in [0.15, 0.2) is 21.5 Å². The molecule has 10 heteroatoms. The first-order valence-corrected chi connectivity index (χ1v) is 10.5. The molecule has 0 spiro atoms. The molecule has 0 atom stereocenters. The first kappa shape index (κ1) is 23.2. The summed E-state index contributed by atoms with van der Waals surface area (Å²) in [6.07, 6.45) is 1.61. The Hall–Kier alpha value is -2.04. The number of amides is 2. The van der Waals surface area contributed by atoms with E-state index in [4.69, 9.17) is 18.9 Å². The van der Waals surface area contributed by atoms with Gasteiger partial charge in [-0.1, -0.05) is 0 Å². The molecule has 1 aliphatic rings. The van der Waals surface area contributed by atoms with Gasteiger partial charge in [0.1, 0.15) is 0 Å². The Balaban J connectivity index is 2.25. The summed E-state index contributed by atoms with van der Waals surface area (Å²) in [7, 11) is 1.51. The summed E-state index contributed by atoms with van der Waals surface area (Å²) >= 11 is 4.28. The number of thioether (sulfide) groups is 1. The van der Waals surface area contributed by atoms with Crippen molar-refractivity contribution in [1.82, 2.24) is 4.90 Å². The van der Waals surface area contributed by atoms with Crippen LogP contribution in [0, 0.1) is 0 Å². The number of nitrogens with zero attached hydrogens (tertiary/aromatic N) is 1. The number of esters is 1. The fourth-order valence-corrected chi connectivity index (χ4v) is 3.87. The molecule has 0 radical (unpaired) electrons. The monoisotopic (exact) mass is 487 g/mol. The van der Waals surface area contributed by atoms with Crippen LogP contribution in [0.2, 0.25) is 0 Å². The first-order valence-electron chi connectivity index (χ1n) is 8.90. The van der Waals surface area contributed by atoms with Crippen LogP contribution in [0.5, 0.6) is 11.5 Å². The van der Waals surface area contributed by atoms with Crippen LogP contribution < -0.4 is 9.47 Å². The van der Waals surface area contributed by atoms with Crippen molar-refractivity contribution in [2.24, 2.45) is 0 Å². The first-order chi connectivity index (χ1) is 13.9. The van der Waals surface area contributed by atoms with Gasteiger partial charge in [-0.05, 0) is 65.3 Å². The number of rotatable bonds is 10. The van der Waals surface area contributed by atoms with Crippen LogP contribution in [0.3, 0.4) is 0 Å². The van der Waals surface area contributed by atoms with Crippen LogP contribution in [0.1, 0.15) is 19.4 Å². The lowest BCUT2D eigenvalue weighted by Gasteiger charge is -2.14. The number of hydrogen-bond donors (Lipinski definition) is 0. The zero-order valence-corrected chi connectivity index (χ0v) is 18.8. The molecule has 1 aromatic rings. The molecule has 1 fully saturated rings. The smallest absolute Gasteiger partial charge is 0.344 e. The summed E-state index contributed by atoms with van der Waals surface area (Å²) in [5.74, 6) is -0.106. The molecule has 0 aliphatic carbocycles. The number of carbonyl (C=O) groups excluding carboxylic acids is 3. The molecule has 0 N–H and O–H groups in total. The number of ether oxygens (including phenoxy) is 4. The summed E-state index contributed by atoms with van der Waals surface area (Å²) in [4.78, 5) is 37.5. The van der Waals surface area contributed by atoms with Gasteiger partial charge < -0.3 is 18.9 Å². The number of benzene rings is 1. The van der Waals surface area contributed by atoms with Gasteiger partial charge in [-0.2, -0.15) is 0 Å². The van der Waals surface area contributed by atoms with Crippen LogP contribution in [-0.4, -0.2) is 62.1 Å². The standard InChI is InChI=1S/C19H22BrNO7S/c1-4-26-14-9-12(8-13(20)17(14)28-11-16(22)27-5-2)10-15-18(23)21(6-7-25-3)19(24)29-15/h8-10H,4-7,11H2,1-3H3/b15-10+. The van der Waals surface area contributed by atoms with Crippen molar-refractivity contribution in [1.29, 1.82) is 0 Å². The Morgan fingerprint density at radius 1 is 1.21 bits per heavy atom. The minimum absolute atomic E-state index is 0.201.